The molecule has 108 valence electrons. The molecule has 5 nitrogen and oxygen atoms in total. The zero-order valence-electron chi connectivity index (χ0n) is 10.4. The maximum absolute atomic E-state index is 12.5. The van der Waals surface area contributed by atoms with Gasteiger partial charge in [-0.05, 0) is 17.7 Å². The lowest BCUT2D eigenvalue weighted by atomic mass is 10.2. The standard InChI is InChI=1S/C11H11F3N4OS/c1-19-8-4-2-3-7(5-8)6-20-10-17-16-9(18(10)15)11(12,13)14/h2-5H,6,15H2,1H3. The van der Waals surface area contributed by atoms with E-state index in [0.717, 1.165) is 17.3 Å². The predicted molar refractivity (Wildman–Crippen MR) is 67.7 cm³/mol. The van der Waals surface area contributed by atoms with Crippen LogP contribution >= 0.6 is 11.8 Å². The van der Waals surface area contributed by atoms with Crippen molar-refractivity contribution in [1.29, 1.82) is 0 Å². The van der Waals surface area contributed by atoms with E-state index in [1.165, 1.54) is 0 Å². The Kier molecular flexibility index (Phi) is 4.07. The monoisotopic (exact) mass is 304 g/mol. The highest BCUT2D eigenvalue weighted by Crippen LogP contribution is 2.30. The van der Waals surface area contributed by atoms with E-state index in [9.17, 15) is 13.2 Å². The van der Waals surface area contributed by atoms with Gasteiger partial charge in [-0.25, -0.2) is 4.68 Å². The van der Waals surface area contributed by atoms with Crippen molar-refractivity contribution in [2.75, 3.05) is 13.0 Å². The van der Waals surface area contributed by atoms with Gasteiger partial charge in [0.05, 0.1) is 7.11 Å². The van der Waals surface area contributed by atoms with Crippen LogP contribution in [0.25, 0.3) is 0 Å². The van der Waals surface area contributed by atoms with Gasteiger partial charge in [0, 0.05) is 5.75 Å². The van der Waals surface area contributed by atoms with E-state index in [0.29, 0.717) is 16.2 Å². The third kappa shape index (κ3) is 3.16. The normalized spacial score (nSPS) is 11.6. The Balaban J connectivity index is 2.09. The minimum atomic E-state index is -4.61. The largest absolute Gasteiger partial charge is 0.497 e. The number of nitrogens with two attached hydrogens (primary N) is 1. The first kappa shape index (κ1) is 14.5. The second-order valence-corrected chi connectivity index (χ2v) is 4.76. The van der Waals surface area contributed by atoms with Crippen LogP contribution in [-0.2, 0) is 11.9 Å². The van der Waals surface area contributed by atoms with Crippen molar-refractivity contribution in [2.24, 2.45) is 0 Å². The third-order valence-corrected chi connectivity index (χ3v) is 3.43. The summed E-state index contributed by atoms with van der Waals surface area (Å²) in [5.41, 5.74) is 0.880. The maximum atomic E-state index is 12.5. The minimum absolute atomic E-state index is 0.000134. The predicted octanol–water partition coefficient (Wildman–Crippen LogP) is 2.31. The van der Waals surface area contributed by atoms with Gasteiger partial charge in [-0.3, -0.25) is 0 Å². The molecule has 2 N–H and O–H groups in total. The quantitative estimate of drug-likeness (QED) is 0.693. The number of hydrogen-bond donors (Lipinski definition) is 1. The molecule has 0 spiro atoms. The number of methoxy groups -OCH3 is 1. The van der Waals surface area contributed by atoms with Crippen molar-refractivity contribution in [3.05, 3.63) is 35.7 Å². The summed E-state index contributed by atoms with van der Waals surface area (Å²) in [7, 11) is 1.54. The molecule has 0 saturated carbocycles. The Bertz CT molecular complexity index is 600. The molecule has 0 aliphatic carbocycles. The molecule has 0 aliphatic rings. The number of alkyl halides is 3. The lowest BCUT2D eigenvalue weighted by molar-refractivity contribution is -0.146. The van der Waals surface area contributed by atoms with E-state index in [1.807, 2.05) is 6.07 Å². The first-order chi connectivity index (χ1) is 9.41. The van der Waals surface area contributed by atoms with Crippen molar-refractivity contribution < 1.29 is 17.9 Å². The Labute approximate surface area is 116 Å². The highest BCUT2D eigenvalue weighted by molar-refractivity contribution is 7.98. The number of rotatable bonds is 4. The zero-order valence-corrected chi connectivity index (χ0v) is 11.2. The summed E-state index contributed by atoms with van der Waals surface area (Å²) >= 11 is 1.07. The summed E-state index contributed by atoms with van der Waals surface area (Å²) in [4.78, 5) is 0. The van der Waals surface area contributed by atoms with Crippen LogP contribution < -0.4 is 10.6 Å². The molecule has 0 saturated heterocycles. The minimum Gasteiger partial charge on any atom is -0.497 e. The molecule has 0 fully saturated rings. The van der Waals surface area contributed by atoms with Crippen molar-refractivity contribution in [2.45, 2.75) is 17.1 Å². The van der Waals surface area contributed by atoms with Crippen LogP contribution in [0.1, 0.15) is 11.4 Å². The van der Waals surface area contributed by atoms with Crippen LogP contribution in [0.15, 0.2) is 29.4 Å². The molecule has 0 amide bonds. The molecule has 0 aliphatic heterocycles. The summed E-state index contributed by atoms with van der Waals surface area (Å²) < 4.78 is 43.0. The van der Waals surface area contributed by atoms with Gasteiger partial charge in [0.2, 0.25) is 5.16 Å². The van der Waals surface area contributed by atoms with Gasteiger partial charge >= 0.3 is 6.18 Å². The molecule has 1 aromatic heterocycles. The van der Waals surface area contributed by atoms with E-state index < -0.39 is 12.0 Å². The molecule has 2 rings (SSSR count). The fourth-order valence-electron chi connectivity index (χ4n) is 1.48. The molecule has 0 atom stereocenters. The molecule has 9 heteroatoms. The summed E-state index contributed by atoms with van der Waals surface area (Å²) in [6, 6.07) is 7.19. The highest BCUT2D eigenvalue weighted by atomic mass is 32.2. The summed E-state index contributed by atoms with van der Waals surface area (Å²) in [6.45, 7) is 0. The first-order valence-electron chi connectivity index (χ1n) is 5.45. The van der Waals surface area contributed by atoms with Gasteiger partial charge in [0.15, 0.2) is 0 Å². The molecule has 0 radical (unpaired) electrons. The second kappa shape index (κ2) is 5.61. The Morgan fingerprint density at radius 3 is 2.70 bits per heavy atom. The van der Waals surface area contributed by atoms with Gasteiger partial charge in [0.25, 0.3) is 5.82 Å². The first-order valence-corrected chi connectivity index (χ1v) is 6.44. The molecule has 20 heavy (non-hydrogen) atoms. The number of halogens is 3. The summed E-state index contributed by atoms with van der Waals surface area (Å²) in [5, 5.41) is 6.49. The number of ether oxygens (including phenoxy) is 1. The Morgan fingerprint density at radius 2 is 2.10 bits per heavy atom. The number of benzene rings is 1. The number of nitrogens with zero attached hydrogens (tertiary/aromatic N) is 3. The molecule has 0 bridgehead atoms. The van der Waals surface area contributed by atoms with Crippen LogP contribution in [0.2, 0.25) is 0 Å². The van der Waals surface area contributed by atoms with Gasteiger partial charge in [-0.15, -0.1) is 10.2 Å². The molecule has 2 aromatic rings. The summed E-state index contributed by atoms with van der Waals surface area (Å²) in [5.74, 6) is 5.20. The molecule has 1 heterocycles. The van der Waals surface area contributed by atoms with Gasteiger partial charge in [-0.1, -0.05) is 23.9 Å². The topological polar surface area (TPSA) is 66.0 Å². The third-order valence-electron chi connectivity index (χ3n) is 2.42. The van der Waals surface area contributed by atoms with E-state index in [2.05, 4.69) is 10.2 Å². The smallest absolute Gasteiger partial charge is 0.453 e. The fraction of sp³-hybridized carbons (Fsp3) is 0.273. The maximum Gasteiger partial charge on any atom is 0.453 e. The van der Waals surface area contributed by atoms with E-state index in [1.54, 1.807) is 25.3 Å². The molecule has 1 aromatic carbocycles. The fourth-order valence-corrected chi connectivity index (χ4v) is 2.28. The average molecular weight is 304 g/mol. The van der Waals surface area contributed by atoms with Crippen LogP contribution in [0.3, 0.4) is 0 Å². The van der Waals surface area contributed by atoms with E-state index in [-0.39, 0.29) is 5.16 Å². The van der Waals surface area contributed by atoms with Crippen molar-refractivity contribution in [3.8, 4) is 5.75 Å². The number of nitrogen functional groups attached to an aromatic ring is 1. The van der Waals surface area contributed by atoms with Gasteiger partial charge in [0.1, 0.15) is 5.75 Å². The highest BCUT2D eigenvalue weighted by Gasteiger charge is 2.38. The zero-order chi connectivity index (χ0) is 14.8. The van der Waals surface area contributed by atoms with Crippen LogP contribution in [0.4, 0.5) is 13.2 Å². The number of hydrogen-bond acceptors (Lipinski definition) is 5. The lowest BCUT2D eigenvalue weighted by Crippen LogP contribution is -2.21. The number of thioether (sulfide) groups is 1. The van der Waals surface area contributed by atoms with Crippen LogP contribution in [0, 0.1) is 0 Å². The van der Waals surface area contributed by atoms with Crippen molar-refractivity contribution in [1.82, 2.24) is 14.9 Å². The van der Waals surface area contributed by atoms with Crippen molar-refractivity contribution >= 4 is 11.8 Å². The Hall–Kier alpha value is -1.90. The molecular weight excluding hydrogens is 293 g/mol. The molecular formula is C11H11F3N4OS. The second-order valence-electron chi connectivity index (χ2n) is 3.81. The van der Waals surface area contributed by atoms with Crippen LogP contribution in [0.5, 0.6) is 5.75 Å². The van der Waals surface area contributed by atoms with E-state index in [4.69, 9.17) is 10.6 Å². The van der Waals surface area contributed by atoms with Gasteiger partial charge < -0.3 is 10.6 Å². The SMILES string of the molecule is COc1cccc(CSc2nnc(C(F)(F)F)n2N)c1. The Morgan fingerprint density at radius 1 is 1.35 bits per heavy atom. The number of aromatic nitrogens is 3. The van der Waals surface area contributed by atoms with Crippen molar-refractivity contribution in [3.63, 3.8) is 0 Å². The summed E-state index contributed by atoms with van der Waals surface area (Å²) in [6.07, 6.45) is -4.61. The van der Waals surface area contributed by atoms with Gasteiger partial charge in [-0.2, -0.15) is 13.2 Å². The lowest BCUT2D eigenvalue weighted by Gasteiger charge is -2.06. The average Bonchev–Trinajstić information content (AvgIpc) is 2.78. The van der Waals surface area contributed by atoms with Crippen LogP contribution in [-0.4, -0.2) is 22.0 Å². The molecule has 0 unspecified atom stereocenters. The van der Waals surface area contributed by atoms with E-state index >= 15 is 0 Å².